The summed E-state index contributed by atoms with van der Waals surface area (Å²) in [6, 6.07) is 0. The third kappa shape index (κ3) is 5.42. The van der Waals surface area contributed by atoms with Crippen molar-refractivity contribution in [3.8, 4) is 0 Å². The van der Waals surface area contributed by atoms with Gasteiger partial charge < -0.3 is 9.79 Å². The standard InChI is InChI=1S/C2H4FO5P/c3-8-2(4)1-9(5,6)7/h1H2,(H2,5,6,7). The molecule has 0 aliphatic carbocycles. The van der Waals surface area contributed by atoms with Crippen LogP contribution in [0.15, 0.2) is 0 Å². The summed E-state index contributed by atoms with van der Waals surface area (Å²) in [7, 11) is -4.45. The summed E-state index contributed by atoms with van der Waals surface area (Å²) in [5.41, 5.74) is 0. The van der Waals surface area contributed by atoms with E-state index in [2.05, 4.69) is 4.94 Å². The van der Waals surface area contributed by atoms with Crippen molar-refractivity contribution in [1.82, 2.24) is 0 Å². The van der Waals surface area contributed by atoms with Crippen LogP contribution in [0.4, 0.5) is 4.53 Å². The number of carbonyl (C=O) groups excluding carboxylic acids is 1. The average Bonchev–Trinajstić information content (AvgIpc) is 1.62. The van der Waals surface area contributed by atoms with E-state index in [-0.39, 0.29) is 0 Å². The Labute approximate surface area is 49.5 Å². The zero-order valence-corrected chi connectivity index (χ0v) is 5.05. The summed E-state index contributed by atoms with van der Waals surface area (Å²) >= 11 is 0. The molecule has 0 spiro atoms. The summed E-state index contributed by atoms with van der Waals surface area (Å²) in [5.74, 6) is -1.57. The lowest BCUT2D eigenvalue weighted by Gasteiger charge is -1.96. The lowest BCUT2D eigenvalue weighted by Crippen LogP contribution is -2.04. The number of hydrogen-bond donors (Lipinski definition) is 2. The minimum Gasteiger partial charge on any atom is -0.324 e. The molecule has 0 fully saturated rings. The maximum atomic E-state index is 10.7. The van der Waals surface area contributed by atoms with Crippen LogP contribution in [0.3, 0.4) is 0 Å². The van der Waals surface area contributed by atoms with Gasteiger partial charge in [0.15, 0.2) is 6.16 Å². The average molecular weight is 158 g/mol. The van der Waals surface area contributed by atoms with Gasteiger partial charge in [0.2, 0.25) is 0 Å². The summed E-state index contributed by atoms with van der Waals surface area (Å²) < 4.78 is 20.6. The predicted octanol–water partition coefficient (Wildman–Crippen LogP) is -0.408. The molecule has 0 radical (unpaired) electrons. The van der Waals surface area contributed by atoms with Gasteiger partial charge in [-0.05, 0) is 0 Å². The third-order valence-electron chi connectivity index (χ3n) is 0.421. The second-order valence-electron chi connectivity index (χ2n) is 1.27. The number of rotatable bonds is 2. The second-order valence-corrected chi connectivity index (χ2v) is 2.92. The van der Waals surface area contributed by atoms with Crippen molar-refractivity contribution in [2.45, 2.75) is 0 Å². The van der Waals surface area contributed by atoms with Gasteiger partial charge in [-0.25, -0.2) is 4.79 Å². The van der Waals surface area contributed by atoms with E-state index in [1.165, 1.54) is 0 Å². The molecule has 0 atom stereocenters. The Morgan fingerprint density at radius 2 is 2.11 bits per heavy atom. The van der Waals surface area contributed by atoms with E-state index in [4.69, 9.17) is 9.79 Å². The lowest BCUT2D eigenvalue weighted by atomic mass is 10.8. The van der Waals surface area contributed by atoms with E-state index >= 15 is 0 Å². The highest BCUT2D eigenvalue weighted by Gasteiger charge is 2.20. The Hall–Kier alpha value is -0.450. The molecule has 0 aliphatic heterocycles. The molecule has 0 saturated heterocycles. The van der Waals surface area contributed by atoms with Crippen molar-refractivity contribution >= 4 is 13.6 Å². The smallest absolute Gasteiger partial charge is 0.324 e. The Morgan fingerprint density at radius 3 is 2.22 bits per heavy atom. The van der Waals surface area contributed by atoms with Gasteiger partial charge in [0, 0.05) is 4.53 Å². The second kappa shape index (κ2) is 2.91. The van der Waals surface area contributed by atoms with E-state index < -0.39 is 19.7 Å². The topological polar surface area (TPSA) is 83.8 Å². The minimum absolute atomic E-state index is 1.22. The molecule has 0 aromatic carbocycles. The fourth-order valence-corrected chi connectivity index (χ4v) is 0.578. The number of hydrogen-bond acceptors (Lipinski definition) is 3. The van der Waals surface area contributed by atoms with Crippen LogP contribution in [-0.4, -0.2) is 21.9 Å². The first-order chi connectivity index (χ1) is 3.95. The van der Waals surface area contributed by atoms with E-state index in [0.717, 1.165) is 0 Å². The zero-order valence-electron chi connectivity index (χ0n) is 4.15. The summed E-state index contributed by atoms with van der Waals surface area (Å²) in [4.78, 5) is 28.2. The molecule has 5 nitrogen and oxygen atoms in total. The van der Waals surface area contributed by atoms with Gasteiger partial charge in [0.25, 0.3) is 0 Å². The fraction of sp³-hybridized carbons (Fsp3) is 0.500. The molecule has 0 saturated carbocycles. The maximum absolute atomic E-state index is 10.7. The van der Waals surface area contributed by atoms with Crippen LogP contribution in [0.1, 0.15) is 0 Å². The highest BCUT2D eigenvalue weighted by Crippen LogP contribution is 2.33. The molecule has 0 aromatic rings. The highest BCUT2D eigenvalue weighted by atomic mass is 31.2. The Kier molecular flexibility index (Phi) is 2.76. The van der Waals surface area contributed by atoms with E-state index in [9.17, 15) is 13.9 Å². The highest BCUT2D eigenvalue weighted by molar-refractivity contribution is 7.52. The Morgan fingerprint density at radius 1 is 1.67 bits per heavy atom. The van der Waals surface area contributed by atoms with Crippen LogP contribution >= 0.6 is 7.60 Å². The quantitative estimate of drug-likeness (QED) is 0.533. The monoisotopic (exact) mass is 158 g/mol. The first kappa shape index (κ1) is 8.55. The van der Waals surface area contributed by atoms with Crippen molar-refractivity contribution in [2.24, 2.45) is 0 Å². The predicted molar refractivity (Wildman–Crippen MR) is 24.1 cm³/mol. The zero-order chi connectivity index (χ0) is 7.49. The van der Waals surface area contributed by atoms with Crippen molar-refractivity contribution in [3.05, 3.63) is 0 Å². The van der Waals surface area contributed by atoms with Crippen LogP contribution in [-0.2, 0) is 14.3 Å². The largest absolute Gasteiger partial charge is 0.360 e. The van der Waals surface area contributed by atoms with Crippen LogP contribution in [0.5, 0.6) is 0 Å². The molecular formula is C2H4FO5P. The summed E-state index contributed by atoms with van der Waals surface area (Å²) in [6.07, 6.45) is -1.22. The molecule has 0 bridgehead atoms. The van der Waals surface area contributed by atoms with Gasteiger partial charge >= 0.3 is 13.6 Å². The molecule has 0 unspecified atom stereocenters. The molecule has 54 valence electrons. The molecule has 9 heavy (non-hydrogen) atoms. The van der Waals surface area contributed by atoms with Gasteiger partial charge in [-0.15, -0.1) is 0 Å². The van der Waals surface area contributed by atoms with Gasteiger partial charge in [0.05, 0.1) is 0 Å². The van der Waals surface area contributed by atoms with Crippen LogP contribution in [0.2, 0.25) is 0 Å². The SMILES string of the molecule is O=C(CP(=O)(O)O)OF. The molecule has 0 heterocycles. The molecule has 2 N–H and O–H groups in total. The molecule has 7 heteroatoms. The van der Waals surface area contributed by atoms with Crippen LogP contribution in [0.25, 0.3) is 0 Å². The minimum atomic E-state index is -4.45. The normalized spacial score (nSPS) is 11.0. The van der Waals surface area contributed by atoms with Gasteiger partial charge in [-0.2, -0.15) is 0 Å². The van der Waals surface area contributed by atoms with E-state index in [0.29, 0.717) is 0 Å². The van der Waals surface area contributed by atoms with Crippen molar-refractivity contribution in [2.75, 3.05) is 6.16 Å². The molecule has 0 rings (SSSR count). The van der Waals surface area contributed by atoms with Gasteiger partial charge in [-0.3, -0.25) is 9.51 Å². The number of carbonyl (C=O) groups is 1. The molecule has 0 amide bonds. The first-order valence-electron chi connectivity index (χ1n) is 1.81. The van der Waals surface area contributed by atoms with Crippen molar-refractivity contribution in [1.29, 1.82) is 0 Å². The van der Waals surface area contributed by atoms with Gasteiger partial charge in [0.1, 0.15) is 0 Å². The fourth-order valence-electron chi connectivity index (χ4n) is 0.193. The van der Waals surface area contributed by atoms with Crippen molar-refractivity contribution in [3.63, 3.8) is 0 Å². The van der Waals surface area contributed by atoms with Crippen molar-refractivity contribution < 1.29 is 28.6 Å². The lowest BCUT2D eigenvalue weighted by molar-refractivity contribution is -0.180. The third-order valence-corrected chi connectivity index (χ3v) is 1.09. The first-order valence-corrected chi connectivity index (χ1v) is 3.61. The summed E-state index contributed by atoms with van der Waals surface area (Å²) in [6.45, 7) is 0. The molecule has 0 aromatic heterocycles. The molecule has 0 aliphatic rings. The van der Waals surface area contributed by atoms with E-state index in [1.807, 2.05) is 0 Å². The maximum Gasteiger partial charge on any atom is 0.360 e. The van der Waals surface area contributed by atoms with E-state index in [1.54, 1.807) is 0 Å². The Bertz CT molecular complexity index is 149. The van der Waals surface area contributed by atoms with Crippen LogP contribution < -0.4 is 0 Å². The number of halogens is 1. The summed E-state index contributed by atoms with van der Waals surface area (Å²) in [5, 5.41) is 0. The van der Waals surface area contributed by atoms with Crippen LogP contribution in [0, 0.1) is 0 Å². The van der Waals surface area contributed by atoms with Gasteiger partial charge in [-0.1, -0.05) is 0 Å². The Balaban J connectivity index is 3.75. The molecular weight excluding hydrogens is 154 g/mol.